The molecule has 3 nitrogen and oxygen atoms in total. The maximum atomic E-state index is 6.46. The molecule has 3 heteroatoms. The number of epoxide rings is 2. The van der Waals surface area contributed by atoms with Crippen LogP contribution in [-0.2, 0) is 14.2 Å². The first kappa shape index (κ1) is 30.6. The highest BCUT2D eigenvalue weighted by atomic mass is 16.6. The molecule has 2 heterocycles. The van der Waals surface area contributed by atoms with Gasteiger partial charge in [-0.05, 0) is 25.7 Å². The Morgan fingerprint density at radius 1 is 0.543 bits per heavy atom. The van der Waals surface area contributed by atoms with Crippen molar-refractivity contribution in [2.45, 2.75) is 167 Å². The average Bonchev–Trinajstić information content (AvgIpc) is 3.77. The van der Waals surface area contributed by atoms with E-state index in [2.05, 4.69) is 38.2 Å². The molecule has 0 aromatic rings. The van der Waals surface area contributed by atoms with E-state index in [9.17, 15) is 0 Å². The molecule has 0 radical (unpaired) electrons. The second-order valence-corrected chi connectivity index (χ2v) is 10.9. The highest BCUT2D eigenvalue weighted by molar-refractivity contribution is 5.03. The molecule has 35 heavy (non-hydrogen) atoms. The minimum atomic E-state index is 0.0696. The summed E-state index contributed by atoms with van der Waals surface area (Å²) in [6.07, 6.45) is 37.0. The third-order valence-corrected chi connectivity index (χ3v) is 7.37. The Balaban J connectivity index is 1.53. The van der Waals surface area contributed by atoms with E-state index in [0.29, 0.717) is 0 Å². The van der Waals surface area contributed by atoms with Gasteiger partial charge in [0.05, 0.1) is 13.2 Å². The van der Waals surface area contributed by atoms with E-state index in [-0.39, 0.29) is 24.4 Å². The van der Waals surface area contributed by atoms with Crippen molar-refractivity contribution in [2.75, 3.05) is 13.2 Å². The standard InChI is InChI=1S/C32H58O3/c1-3-5-7-9-11-13-15-17-19-21-23-25-29(31-27-33-31)35-30(32-28-34-32)26-24-22-20-18-16-14-12-10-8-6-4-2/h23-26,29-32H,3-22,27-28H2,1-2H3. The van der Waals surface area contributed by atoms with Gasteiger partial charge in [0.2, 0.25) is 0 Å². The Morgan fingerprint density at radius 3 is 1.17 bits per heavy atom. The smallest absolute Gasteiger partial charge is 0.111 e. The highest BCUT2D eigenvalue weighted by Crippen LogP contribution is 2.26. The van der Waals surface area contributed by atoms with Gasteiger partial charge in [-0.15, -0.1) is 0 Å². The predicted octanol–water partition coefficient (Wildman–Crippen LogP) is 9.49. The highest BCUT2D eigenvalue weighted by Gasteiger charge is 2.38. The van der Waals surface area contributed by atoms with E-state index >= 15 is 0 Å². The fourth-order valence-corrected chi connectivity index (χ4v) is 4.79. The summed E-state index contributed by atoms with van der Waals surface area (Å²) in [5.74, 6) is 0. The first-order chi connectivity index (χ1) is 17.3. The molecule has 0 amide bonds. The zero-order valence-electron chi connectivity index (χ0n) is 23.4. The first-order valence-electron chi connectivity index (χ1n) is 15.6. The minimum Gasteiger partial charge on any atom is -0.370 e. The van der Waals surface area contributed by atoms with Gasteiger partial charge in [0.15, 0.2) is 0 Å². The fraction of sp³-hybridized carbons (Fsp3) is 0.875. The van der Waals surface area contributed by atoms with Crippen LogP contribution in [0, 0.1) is 0 Å². The first-order valence-corrected chi connectivity index (χ1v) is 15.6. The maximum absolute atomic E-state index is 6.46. The number of rotatable bonds is 26. The van der Waals surface area contributed by atoms with Crippen molar-refractivity contribution in [3.8, 4) is 0 Å². The summed E-state index contributed by atoms with van der Waals surface area (Å²) in [7, 11) is 0. The summed E-state index contributed by atoms with van der Waals surface area (Å²) >= 11 is 0. The number of allylic oxidation sites excluding steroid dienone is 2. The van der Waals surface area contributed by atoms with Gasteiger partial charge in [-0.3, -0.25) is 0 Å². The zero-order chi connectivity index (χ0) is 24.8. The van der Waals surface area contributed by atoms with Crippen LogP contribution in [0.25, 0.3) is 0 Å². The Kier molecular flexibility index (Phi) is 18.7. The van der Waals surface area contributed by atoms with Crippen LogP contribution in [0.5, 0.6) is 0 Å². The van der Waals surface area contributed by atoms with Gasteiger partial charge in [0.1, 0.15) is 24.4 Å². The van der Waals surface area contributed by atoms with E-state index in [1.54, 1.807) is 0 Å². The number of unbranched alkanes of at least 4 members (excludes halogenated alkanes) is 18. The molecule has 0 spiro atoms. The summed E-state index contributed by atoms with van der Waals surface area (Å²) in [5.41, 5.74) is 0. The van der Waals surface area contributed by atoms with Crippen LogP contribution < -0.4 is 0 Å². The van der Waals surface area contributed by atoms with Crippen molar-refractivity contribution in [3.05, 3.63) is 24.3 Å². The van der Waals surface area contributed by atoms with Gasteiger partial charge in [-0.25, -0.2) is 0 Å². The second-order valence-electron chi connectivity index (χ2n) is 10.9. The summed E-state index contributed by atoms with van der Waals surface area (Å²) in [6, 6.07) is 0. The molecule has 0 aliphatic carbocycles. The molecule has 0 aromatic heterocycles. The van der Waals surface area contributed by atoms with E-state index in [0.717, 1.165) is 26.1 Å². The van der Waals surface area contributed by atoms with Crippen LogP contribution in [0.4, 0.5) is 0 Å². The molecule has 2 saturated heterocycles. The Bertz CT molecular complexity index is 475. The van der Waals surface area contributed by atoms with Crippen LogP contribution in [0.15, 0.2) is 24.3 Å². The van der Waals surface area contributed by atoms with Gasteiger partial charge in [-0.2, -0.15) is 0 Å². The lowest BCUT2D eigenvalue weighted by molar-refractivity contribution is 0.0113. The van der Waals surface area contributed by atoms with Crippen LogP contribution >= 0.6 is 0 Å². The average molecular weight is 491 g/mol. The zero-order valence-corrected chi connectivity index (χ0v) is 23.4. The molecule has 0 aromatic carbocycles. The second kappa shape index (κ2) is 21.4. The number of ether oxygens (including phenoxy) is 3. The van der Waals surface area contributed by atoms with Gasteiger partial charge in [0, 0.05) is 0 Å². The van der Waals surface area contributed by atoms with Crippen molar-refractivity contribution in [1.82, 2.24) is 0 Å². The molecule has 204 valence electrons. The van der Waals surface area contributed by atoms with E-state index < -0.39 is 0 Å². The van der Waals surface area contributed by atoms with Crippen molar-refractivity contribution >= 4 is 0 Å². The van der Waals surface area contributed by atoms with E-state index in [1.165, 1.54) is 116 Å². The van der Waals surface area contributed by atoms with Crippen molar-refractivity contribution < 1.29 is 14.2 Å². The van der Waals surface area contributed by atoms with E-state index in [4.69, 9.17) is 14.2 Å². The molecule has 2 rings (SSSR count). The summed E-state index contributed by atoms with van der Waals surface area (Å²) in [4.78, 5) is 0. The third-order valence-electron chi connectivity index (χ3n) is 7.37. The number of hydrogen-bond acceptors (Lipinski definition) is 3. The van der Waals surface area contributed by atoms with Crippen LogP contribution in [0.3, 0.4) is 0 Å². The third kappa shape index (κ3) is 17.5. The Hall–Kier alpha value is -0.640. The maximum Gasteiger partial charge on any atom is 0.111 e. The van der Waals surface area contributed by atoms with Crippen molar-refractivity contribution in [3.63, 3.8) is 0 Å². The molecule has 0 bridgehead atoms. The quantitative estimate of drug-likeness (QED) is 0.0687. The normalized spacial score (nSPS) is 21.2. The topological polar surface area (TPSA) is 34.3 Å². The SMILES string of the molecule is CCCCCCCCCCCC=CC(OC(C=CCCCCCCCCCCC)C1CO1)C1CO1. The number of hydrogen-bond donors (Lipinski definition) is 0. The van der Waals surface area contributed by atoms with Crippen molar-refractivity contribution in [1.29, 1.82) is 0 Å². The predicted molar refractivity (Wildman–Crippen MR) is 150 cm³/mol. The molecule has 0 saturated carbocycles. The van der Waals surface area contributed by atoms with Crippen LogP contribution in [-0.4, -0.2) is 37.6 Å². The molecule has 4 atom stereocenters. The molecule has 2 aliphatic heterocycles. The Labute approximate surface area is 218 Å². The lowest BCUT2D eigenvalue weighted by Gasteiger charge is -2.18. The summed E-state index contributed by atoms with van der Waals surface area (Å²) < 4.78 is 17.6. The van der Waals surface area contributed by atoms with Crippen LogP contribution in [0.2, 0.25) is 0 Å². The molecule has 2 aliphatic rings. The summed E-state index contributed by atoms with van der Waals surface area (Å²) in [5, 5.41) is 0. The summed E-state index contributed by atoms with van der Waals surface area (Å²) in [6.45, 7) is 6.23. The monoisotopic (exact) mass is 490 g/mol. The molecule has 2 fully saturated rings. The Morgan fingerprint density at radius 2 is 0.857 bits per heavy atom. The fourth-order valence-electron chi connectivity index (χ4n) is 4.79. The molecule has 0 N–H and O–H groups in total. The van der Waals surface area contributed by atoms with Crippen LogP contribution in [0.1, 0.15) is 142 Å². The van der Waals surface area contributed by atoms with Gasteiger partial charge >= 0.3 is 0 Å². The lowest BCUT2D eigenvalue weighted by Crippen LogP contribution is -2.27. The van der Waals surface area contributed by atoms with Gasteiger partial charge < -0.3 is 14.2 Å². The lowest BCUT2D eigenvalue weighted by atomic mass is 10.1. The largest absolute Gasteiger partial charge is 0.370 e. The van der Waals surface area contributed by atoms with Crippen molar-refractivity contribution in [2.24, 2.45) is 0 Å². The van der Waals surface area contributed by atoms with E-state index in [1.807, 2.05) is 0 Å². The van der Waals surface area contributed by atoms with Gasteiger partial charge in [-0.1, -0.05) is 141 Å². The molecule has 4 unspecified atom stereocenters. The minimum absolute atomic E-state index is 0.0696. The molecular formula is C32H58O3. The molecular weight excluding hydrogens is 432 g/mol. The van der Waals surface area contributed by atoms with Gasteiger partial charge in [0.25, 0.3) is 0 Å².